The van der Waals surface area contributed by atoms with Crippen molar-refractivity contribution in [2.75, 3.05) is 26.2 Å². The molecule has 0 aromatic carbocycles. The molecule has 17 heavy (non-hydrogen) atoms. The molecule has 1 heterocycles. The van der Waals surface area contributed by atoms with Gasteiger partial charge in [-0.05, 0) is 31.1 Å². The summed E-state index contributed by atoms with van der Waals surface area (Å²) in [5, 5.41) is 12.0. The van der Waals surface area contributed by atoms with Crippen LogP contribution in [0.25, 0.3) is 0 Å². The van der Waals surface area contributed by atoms with Gasteiger partial charge in [0.1, 0.15) is 0 Å². The van der Waals surface area contributed by atoms with Crippen molar-refractivity contribution in [1.82, 2.24) is 10.2 Å². The molecule has 4 nitrogen and oxygen atoms in total. The van der Waals surface area contributed by atoms with E-state index in [4.69, 9.17) is 5.11 Å². The third-order valence-corrected chi connectivity index (χ3v) is 4.21. The predicted octanol–water partition coefficient (Wildman–Crippen LogP) is 1.59. The third kappa shape index (κ3) is 3.60. The molecule has 2 fully saturated rings. The Kier molecular flexibility index (Phi) is 4.66. The minimum Gasteiger partial charge on any atom is -0.396 e. The average molecular weight is 240 g/mol. The normalized spacial score (nSPS) is 22.3. The van der Waals surface area contributed by atoms with E-state index in [2.05, 4.69) is 5.32 Å². The molecule has 1 aliphatic carbocycles. The van der Waals surface area contributed by atoms with Crippen LogP contribution in [0.15, 0.2) is 0 Å². The second-order valence-electron chi connectivity index (χ2n) is 5.43. The van der Waals surface area contributed by atoms with Crippen molar-refractivity contribution in [2.24, 2.45) is 11.8 Å². The molecular weight excluding hydrogens is 216 g/mol. The maximum atomic E-state index is 11.8. The highest BCUT2D eigenvalue weighted by Crippen LogP contribution is 2.28. The number of aliphatic hydroxyl groups excluding tert-OH is 1. The molecule has 2 amide bonds. The summed E-state index contributed by atoms with van der Waals surface area (Å²) in [4.78, 5) is 13.7. The van der Waals surface area contributed by atoms with Gasteiger partial charge in [0.05, 0.1) is 0 Å². The quantitative estimate of drug-likeness (QED) is 0.784. The summed E-state index contributed by atoms with van der Waals surface area (Å²) in [5.74, 6) is 1.25. The van der Waals surface area contributed by atoms with Crippen LogP contribution in [-0.4, -0.2) is 42.3 Å². The van der Waals surface area contributed by atoms with Crippen molar-refractivity contribution in [1.29, 1.82) is 0 Å². The zero-order valence-electron chi connectivity index (χ0n) is 10.5. The van der Waals surface area contributed by atoms with E-state index in [1.165, 1.54) is 19.3 Å². The summed E-state index contributed by atoms with van der Waals surface area (Å²) < 4.78 is 0. The van der Waals surface area contributed by atoms with E-state index in [9.17, 15) is 4.79 Å². The number of nitrogens with zero attached hydrogens (tertiary/aromatic N) is 1. The van der Waals surface area contributed by atoms with Gasteiger partial charge in [-0.3, -0.25) is 0 Å². The predicted molar refractivity (Wildman–Crippen MR) is 66.7 cm³/mol. The van der Waals surface area contributed by atoms with Crippen molar-refractivity contribution in [3.8, 4) is 0 Å². The molecule has 0 atom stereocenters. The minimum atomic E-state index is 0.0840. The fourth-order valence-corrected chi connectivity index (χ4v) is 2.60. The lowest BCUT2D eigenvalue weighted by molar-refractivity contribution is 0.137. The lowest BCUT2D eigenvalue weighted by Gasteiger charge is -2.31. The lowest BCUT2D eigenvalue weighted by atomic mass is 9.83. The molecule has 0 aromatic heterocycles. The smallest absolute Gasteiger partial charge is 0.317 e. The molecule has 0 radical (unpaired) electrons. The SMILES string of the molecule is O=C(NCCC1CCC1)N1CCC(CO)CC1. The first kappa shape index (κ1) is 12.7. The molecule has 2 aliphatic rings. The maximum absolute atomic E-state index is 11.8. The van der Waals surface area contributed by atoms with Crippen LogP contribution in [0, 0.1) is 11.8 Å². The average Bonchev–Trinajstić information content (AvgIpc) is 2.32. The number of amides is 2. The Hall–Kier alpha value is -0.770. The van der Waals surface area contributed by atoms with Crippen LogP contribution < -0.4 is 5.32 Å². The van der Waals surface area contributed by atoms with Crippen LogP contribution in [0.2, 0.25) is 0 Å². The van der Waals surface area contributed by atoms with Gasteiger partial charge in [-0.15, -0.1) is 0 Å². The number of hydrogen-bond donors (Lipinski definition) is 2. The van der Waals surface area contributed by atoms with Gasteiger partial charge in [-0.25, -0.2) is 4.79 Å². The van der Waals surface area contributed by atoms with E-state index in [0.717, 1.165) is 44.8 Å². The Labute approximate surface area is 103 Å². The molecule has 0 bridgehead atoms. The second-order valence-corrected chi connectivity index (χ2v) is 5.43. The molecule has 0 spiro atoms. The lowest BCUT2D eigenvalue weighted by Crippen LogP contribution is -2.45. The largest absolute Gasteiger partial charge is 0.396 e. The van der Waals surface area contributed by atoms with E-state index in [0.29, 0.717) is 5.92 Å². The van der Waals surface area contributed by atoms with Crippen molar-refractivity contribution in [3.63, 3.8) is 0 Å². The Morgan fingerprint density at radius 2 is 1.88 bits per heavy atom. The molecule has 4 heteroatoms. The summed E-state index contributed by atoms with van der Waals surface area (Å²) >= 11 is 0. The Morgan fingerprint density at radius 1 is 1.18 bits per heavy atom. The summed E-state index contributed by atoms with van der Waals surface area (Å²) in [7, 11) is 0. The number of rotatable bonds is 4. The van der Waals surface area contributed by atoms with Gasteiger partial charge < -0.3 is 15.3 Å². The van der Waals surface area contributed by atoms with Gasteiger partial charge in [-0.1, -0.05) is 19.3 Å². The Balaban J connectivity index is 1.59. The Bertz CT molecular complexity index is 246. The number of carbonyl (C=O) groups excluding carboxylic acids is 1. The van der Waals surface area contributed by atoms with E-state index < -0.39 is 0 Å². The van der Waals surface area contributed by atoms with Crippen LogP contribution in [0.3, 0.4) is 0 Å². The van der Waals surface area contributed by atoms with Gasteiger partial charge in [-0.2, -0.15) is 0 Å². The molecule has 98 valence electrons. The summed E-state index contributed by atoms with van der Waals surface area (Å²) in [5.41, 5.74) is 0. The highest BCUT2D eigenvalue weighted by Gasteiger charge is 2.22. The minimum absolute atomic E-state index is 0.0840. The molecule has 1 aliphatic heterocycles. The Morgan fingerprint density at radius 3 is 2.41 bits per heavy atom. The zero-order valence-corrected chi connectivity index (χ0v) is 10.5. The standard InChI is InChI=1S/C13H24N2O2/c16-10-12-5-8-15(9-6-12)13(17)14-7-4-11-2-1-3-11/h11-12,16H,1-10H2,(H,14,17). The van der Waals surface area contributed by atoms with E-state index in [-0.39, 0.29) is 12.6 Å². The molecular formula is C13H24N2O2. The number of urea groups is 1. The molecule has 1 saturated carbocycles. The van der Waals surface area contributed by atoms with Gasteiger partial charge in [0.25, 0.3) is 0 Å². The summed E-state index contributed by atoms with van der Waals surface area (Å²) in [6.07, 6.45) is 7.07. The second kappa shape index (κ2) is 6.24. The number of aliphatic hydroxyl groups is 1. The first-order valence-electron chi connectivity index (χ1n) is 6.93. The van der Waals surface area contributed by atoms with E-state index in [1.807, 2.05) is 4.90 Å². The number of hydrogen-bond acceptors (Lipinski definition) is 2. The van der Waals surface area contributed by atoms with Crippen molar-refractivity contribution >= 4 is 6.03 Å². The first-order valence-corrected chi connectivity index (χ1v) is 6.93. The summed E-state index contributed by atoms with van der Waals surface area (Å²) in [6, 6.07) is 0.0840. The topological polar surface area (TPSA) is 52.6 Å². The molecule has 0 aromatic rings. The van der Waals surface area contributed by atoms with Crippen LogP contribution in [0.5, 0.6) is 0 Å². The number of likely N-dealkylation sites (tertiary alicyclic amines) is 1. The zero-order chi connectivity index (χ0) is 12.1. The van der Waals surface area contributed by atoms with E-state index >= 15 is 0 Å². The molecule has 0 unspecified atom stereocenters. The molecule has 2 N–H and O–H groups in total. The number of carbonyl (C=O) groups is 1. The van der Waals surface area contributed by atoms with Crippen molar-refractivity contribution < 1.29 is 9.90 Å². The maximum Gasteiger partial charge on any atom is 0.317 e. The van der Waals surface area contributed by atoms with Gasteiger partial charge in [0.2, 0.25) is 0 Å². The van der Waals surface area contributed by atoms with Crippen molar-refractivity contribution in [3.05, 3.63) is 0 Å². The first-order chi connectivity index (χ1) is 8.29. The highest BCUT2D eigenvalue weighted by molar-refractivity contribution is 5.74. The van der Waals surface area contributed by atoms with Gasteiger partial charge >= 0.3 is 6.03 Å². The monoisotopic (exact) mass is 240 g/mol. The van der Waals surface area contributed by atoms with Crippen LogP contribution >= 0.6 is 0 Å². The van der Waals surface area contributed by atoms with Crippen LogP contribution in [-0.2, 0) is 0 Å². The fraction of sp³-hybridized carbons (Fsp3) is 0.923. The number of nitrogens with one attached hydrogen (secondary N) is 1. The van der Waals surface area contributed by atoms with Crippen LogP contribution in [0.4, 0.5) is 4.79 Å². The van der Waals surface area contributed by atoms with Gasteiger partial charge in [0.15, 0.2) is 0 Å². The molecule has 1 saturated heterocycles. The van der Waals surface area contributed by atoms with Crippen LogP contribution in [0.1, 0.15) is 38.5 Å². The third-order valence-electron chi connectivity index (χ3n) is 4.21. The van der Waals surface area contributed by atoms with Gasteiger partial charge in [0, 0.05) is 26.2 Å². The number of piperidine rings is 1. The fourth-order valence-electron chi connectivity index (χ4n) is 2.60. The summed E-state index contributed by atoms with van der Waals surface area (Å²) in [6.45, 7) is 2.67. The van der Waals surface area contributed by atoms with E-state index in [1.54, 1.807) is 0 Å². The highest BCUT2D eigenvalue weighted by atomic mass is 16.3. The molecule has 2 rings (SSSR count). The van der Waals surface area contributed by atoms with Crippen molar-refractivity contribution in [2.45, 2.75) is 38.5 Å².